The largest absolute Gasteiger partial charge is 0.388 e. The third-order valence-corrected chi connectivity index (χ3v) is 1.17. The fraction of sp³-hybridized carbons (Fsp3) is 0.667. The molecular weight excluding hydrogens is 148 g/mol. The van der Waals surface area contributed by atoms with Gasteiger partial charge in [-0.15, -0.1) is 0 Å². The van der Waals surface area contributed by atoms with Gasteiger partial charge >= 0.3 is 0 Å². The molecule has 0 saturated heterocycles. The maximum absolute atomic E-state index is 8.56. The maximum Gasteiger partial charge on any atom is 0.229 e. The van der Waals surface area contributed by atoms with Crippen molar-refractivity contribution >= 4 is 0 Å². The van der Waals surface area contributed by atoms with E-state index in [0.717, 1.165) is 0 Å². The van der Waals surface area contributed by atoms with Crippen LogP contribution in [0.1, 0.15) is 11.7 Å². The van der Waals surface area contributed by atoms with Gasteiger partial charge in [0.2, 0.25) is 5.89 Å². The predicted octanol–water partition coefficient (Wildman–Crippen LogP) is -0.249. The number of aliphatic hydroxyl groups excluding tert-OH is 1. The Morgan fingerprint density at radius 2 is 2.45 bits per heavy atom. The van der Waals surface area contributed by atoms with Crippen molar-refractivity contribution in [1.82, 2.24) is 10.1 Å². The van der Waals surface area contributed by atoms with E-state index in [1.54, 1.807) is 7.11 Å². The highest BCUT2D eigenvalue weighted by atomic mass is 16.5. The molecule has 0 bridgehead atoms. The van der Waals surface area contributed by atoms with Crippen LogP contribution in [0.2, 0.25) is 0 Å². The van der Waals surface area contributed by atoms with Crippen LogP contribution in [0.25, 0.3) is 0 Å². The fourth-order valence-electron chi connectivity index (χ4n) is 0.645. The van der Waals surface area contributed by atoms with Crippen molar-refractivity contribution in [3.05, 3.63) is 11.7 Å². The highest BCUT2D eigenvalue weighted by Crippen LogP contribution is 1.97. The SMILES string of the molecule is COCCc1nc(CO)no1. The Morgan fingerprint density at radius 1 is 1.64 bits per heavy atom. The van der Waals surface area contributed by atoms with Crippen LogP contribution in [-0.4, -0.2) is 29.0 Å². The Morgan fingerprint density at radius 3 is 3.00 bits per heavy atom. The third kappa shape index (κ3) is 2.28. The van der Waals surface area contributed by atoms with Gasteiger partial charge in [-0.1, -0.05) is 5.16 Å². The molecule has 0 aliphatic heterocycles. The highest BCUT2D eigenvalue weighted by Gasteiger charge is 2.03. The summed E-state index contributed by atoms with van der Waals surface area (Å²) >= 11 is 0. The number of aromatic nitrogens is 2. The molecule has 0 fully saturated rings. The number of ether oxygens (including phenoxy) is 1. The van der Waals surface area contributed by atoms with Crippen molar-refractivity contribution in [3.63, 3.8) is 0 Å². The smallest absolute Gasteiger partial charge is 0.229 e. The summed E-state index contributed by atoms with van der Waals surface area (Å²) in [4.78, 5) is 3.86. The van der Waals surface area contributed by atoms with E-state index in [0.29, 0.717) is 24.7 Å². The second kappa shape index (κ2) is 4.05. The summed E-state index contributed by atoms with van der Waals surface area (Å²) in [6.45, 7) is 0.365. The Bertz CT molecular complexity index is 211. The predicted molar refractivity (Wildman–Crippen MR) is 35.8 cm³/mol. The van der Waals surface area contributed by atoms with Gasteiger partial charge in [0.1, 0.15) is 6.61 Å². The van der Waals surface area contributed by atoms with Crippen molar-refractivity contribution in [3.8, 4) is 0 Å². The number of nitrogens with zero attached hydrogens (tertiary/aromatic N) is 2. The molecule has 0 aromatic carbocycles. The molecule has 1 N–H and O–H groups in total. The number of rotatable bonds is 4. The van der Waals surface area contributed by atoms with Gasteiger partial charge in [-0.2, -0.15) is 4.98 Å². The van der Waals surface area contributed by atoms with E-state index in [-0.39, 0.29) is 6.61 Å². The molecule has 0 atom stereocenters. The van der Waals surface area contributed by atoms with Crippen molar-refractivity contribution in [2.24, 2.45) is 0 Å². The normalized spacial score (nSPS) is 10.4. The van der Waals surface area contributed by atoms with E-state index in [1.165, 1.54) is 0 Å². The lowest BCUT2D eigenvalue weighted by Gasteiger charge is -1.89. The molecule has 0 aliphatic carbocycles. The summed E-state index contributed by atoms with van der Waals surface area (Å²) in [5.41, 5.74) is 0. The Kier molecular flexibility index (Phi) is 3.00. The summed E-state index contributed by atoms with van der Waals surface area (Å²) in [7, 11) is 1.60. The number of hydrogen-bond acceptors (Lipinski definition) is 5. The molecule has 11 heavy (non-hydrogen) atoms. The van der Waals surface area contributed by atoms with Crippen LogP contribution < -0.4 is 0 Å². The molecule has 0 unspecified atom stereocenters. The first-order valence-corrected chi connectivity index (χ1v) is 3.28. The molecule has 0 amide bonds. The van der Waals surface area contributed by atoms with E-state index in [1.807, 2.05) is 0 Å². The van der Waals surface area contributed by atoms with E-state index in [9.17, 15) is 0 Å². The maximum atomic E-state index is 8.56. The van der Waals surface area contributed by atoms with Gasteiger partial charge in [-0.3, -0.25) is 0 Å². The van der Waals surface area contributed by atoms with Crippen LogP contribution in [0.15, 0.2) is 4.52 Å². The van der Waals surface area contributed by atoms with Crippen LogP contribution in [0, 0.1) is 0 Å². The third-order valence-electron chi connectivity index (χ3n) is 1.17. The van der Waals surface area contributed by atoms with Crippen molar-refractivity contribution in [2.45, 2.75) is 13.0 Å². The molecule has 1 rings (SSSR count). The summed E-state index contributed by atoms with van der Waals surface area (Å²) in [6, 6.07) is 0. The molecule has 0 saturated carbocycles. The lowest BCUT2D eigenvalue weighted by molar-refractivity contribution is 0.191. The molecule has 5 nitrogen and oxygen atoms in total. The van der Waals surface area contributed by atoms with Crippen LogP contribution in [0.5, 0.6) is 0 Å². The molecule has 0 radical (unpaired) electrons. The van der Waals surface area contributed by atoms with Gasteiger partial charge in [0, 0.05) is 7.11 Å². The fourth-order valence-corrected chi connectivity index (χ4v) is 0.645. The van der Waals surface area contributed by atoms with Crippen LogP contribution in [0.3, 0.4) is 0 Å². The van der Waals surface area contributed by atoms with Gasteiger partial charge in [0.15, 0.2) is 5.82 Å². The Labute approximate surface area is 64.0 Å². The number of hydrogen-bond donors (Lipinski definition) is 1. The topological polar surface area (TPSA) is 68.4 Å². The molecule has 0 spiro atoms. The summed E-state index contributed by atoms with van der Waals surface area (Å²) in [5, 5.41) is 12.1. The molecule has 62 valence electrons. The van der Waals surface area contributed by atoms with Crippen LogP contribution >= 0.6 is 0 Å². The van der Waals surface area contributed by atoms with Gasteiger partial charge in [-0.25, -0.2) is 0 Å². The second-order valence-electron chi connectivity index (χ2n) is 2.01. The first-order valence-electron chi connectivity index (χ1n) is 3.28. The molecule has 5 heteroatoms. The average Bonchev–Trinajstić information content (AvgIpc) is 2.48. The summed E-state index contributed by atoms with van der Waals surface area (Å²) < 4.78 is 9.55. The molecular formula is C6H10N2O3. The molecule has 1 aromatic rings. The number of methoxy groups -OCH3 is 1. The lowest BCUT2D eigenvalue weighted by atomic mass is 10.4. The monoisotopic (exact) mass is 158 g/mol. The standard InChI is InChI=1S/C6H10N2O3/c1-10-3-2-6-7-5(4-9)8-11-6/h9H,2-4H2,1H3. The molecule has 0 aliphatic rings. The minimum Gasteiger partial charge on any atom is -0.388 e. The summed E-state index contributed by atoms with van der Waals surface area (Å²) in [6.07, 6.45) is 0.587. The van der Waals surface area contributed by atoms with Crippen LogP contribution in [0.4, 0.5) is 0 Å². The van der Waals surface area contributed by atoms with Crippen molar-refractivity contribution < 1.29 is 14.4 Å². The van der Waals surface area contributed by atoms with Gasteiger partial charge in [-0.05, 0) is 0 Å². The Hall–Kier alpha value is -0.940. The minimum absolute atomic E-state index is 0.184. The highest BCUT2D eigenvalue weighted by molar-refractivity contribution is 4.83. The average molecular weight is 158 g/mol. The Balaban J connectivity index is 2.44. The van der Waals surface area contributed by atoms with Gasteiger partial charge in [0.05, 0.1) is 13.0 Å². The first kappa shape index (κ1) is 8.16. The first-order chi connectivity index (χ1) is 5.36. The van der Waals surface area contributed by atoms with Gasteiger partial charge in [0.25, 0.3) is 0 Å². The van der Waals surface area contributed by atoms with E-state index in [2.05, 4.69) is 10.1 Å². The summed E-state index contributed by atoms with van der Waals surface area (Å²) in [5.74, 6) is 0.812. The zero-order valence-corrected chi connectivity index (χ0v) is 6.28. The van der Waals surface area contributed by atoms with Crippen molar-refractivity contribution in [2.75, 3.05) is 13.7 Å². The second-order valence-corrected chi connectivity index (χ2v) is 2.01. The van der Waals surface area contributed by atoms with Gasteiger partial charge < -0.3 is 14.4 Å². The molecule has 1 aromatic heterocycles. The van der Waals surface area contributed by atoms with Crippen LogP contribution in [-0.2, 0) is 17.8 Å². The van der Waals surface area contributed by atoms with E-state index >= 15 is 0 Å². The van der Waals surface area contributed by atoms with Crippen molar-refractivity contribution in [1.29, 1.82) is 0 Å². The van der Waals surface area contributed by atoms with E-state index < -0.39 is 0 Å². The molecule has 1 heterocycles. The lowest BCUT2D eigenvalue weighted by Crippen LogP contribution is -1.94. The zero-order valence-electron chi connectivity index (χ0n) is 6.28. The minimum atomic E-state index is -0.184. The van der Waals surface area contributed by atoms with E-state index in [4.69, 9.17) is 14.4 Å². The quantitative estimate of drug-likeness (QED) is 0.654. The number of aliphatic hydroxyl groups is 1. The zero-order chi connectivity index (χ0) is 8.10.